The van der Waals surface area contributed by atoms with Gasteiger partial charge in [-0.05, 0) is 30.3 Å². The lowest BCUT2D eigenvalue weighted by Gasteiger charge is -2.32. The Morgan fingerprint density at radius 2 is 1.89 bits per heavy atom. The molecule has 3 aromatic rings. The number of nitrogens with zero attached hydrogens (tertiary/aromatic N) is 2. The molecule has 2 amide bonds. The van der Waals surface area contributed by atoms with Gasteiger partial charge in [-0.3, -0.25) is 9.59 Å². The molecule has 0 fully saturated rings. The van der Waals surface area contributed by atoms with E-state index in [4.69, 9.17) is 23.2 Å². The molecule has 0 saturated carbocycles. The van der Waals surface area contributed by atoms with Crippen LogP contribution < -0.4 is 10.6 Å². The monoisotopic (exact) mass is 398 g/mol. The Bertz CT molecular complexity index is 1140. The van der Waals surface area contributed by atoms with Gasteiger partial charge in [-0.2, -0.15) is 5.10 Å². The lowest BCUT2D eigenvalue weighted by Crippen LogP contribution is -2.43. The SMILES string of the molecule is O=C1C[C@@]2(C(=O)Nc3cccc(Cl)c32)c2cnn(-c3cccc(Cl)c3)c2N1. The predicted octanol–water partition coefficient (Wildman–Crippen LogP) is 3.76. The first-order valence-electron chi connectivity index (χ1n) is 8.25. The van der Waals surface area contributed by atoms with Gasteiger partial charge >= 0.3 is 0 Å². The molecule has 1 aromatic heterocycles. The Kier molecular flexibility index (Phi) is 3.38. The van der Waals surface area contributed by atoms with Gasteiger partial charge in [-0.15, -0.1) is 0 Å². The van der Waals surface area contributed by atoms with Crippen LogP contribution in [0.3, 0.4) is 0 Å². The zero-order chi connectivity index (χ0) is 18.8. The van der Waals surface area contributed by atoms with Gasteiger partial charge in [0.05, 0.1) is 11.9 Å². The van der Waals surface area contributed by atoms with Crippen molar-refractivity contribution in [2.24, 2.45) is 0 Å². The van der Waals surface area contributed by atoms with E-state index in [0.29, 0.717) is 38.4 Å². The summed E-state index contributed by atoms with van der Waals surface area (Å²) < 4.78 is 1.57. The number of rotatable bonds is 1. The molecule has 2 aromatic carbocycles. The summed E-state index contributed by atoms with van der Waals surface area (Å²) in [6, 6.07) is 12.4. The highest BCUT2D eigenvalue weighted by atomic mass is 35.5. The molecule has 0 unspecified atom stereocenters. The number of anilines is 2. The summed E-state index contributed by atoms with van der Waals surface area (Å²) in [5.74, 6) is -0.127. The number of nitrogens with one attached hydrogen (secondary N) is 2. The molecule has 2 aliphatic rings. The van der Waals surface area contributed by atoms with Crippen LogP contribution in [0.1, 0.15) is 17.5 Å². The molecule has 2 N–H and O–H groups in total. The van der Waals surface area contributed by atoms with Gasteiger partial charge in [0.15, 0.2) is 0 Å². The van der Waals surface area contributed by atoms with Crippen molar-refractivity contribution >= 4 is 46.5 Å². The average molecular weight is 399 g/mol. The van der Waals surface area contributed by atoms with Crippen molar-refractivity contribution in [1.29, 1.82) is 0 Å². The second-order valence-electron chi connectivity index (χ2n) is 6.55. The van der Waals surface area contributed by atoms with Crippen molar-refractivity contribution in [3.05, 3.63) is 69.8 Å². The summed E-state index contributed by atoms with van der Waals surface area (Å²) in [6.07, 6.45) is 1.57. The molecule has 0 radical (unpaired) electrons. The number of amides is 2. The van der Waals surface area contributed by atoms with Gasteiger partial charge in [0, 0.05) is 33.3 Å². The minimum absolute atomic E-state index is 0.0379. The topological polar surface area (TPSA) is 76.0 Å². The van der Waals surface area contributed by atoms with Crippen LogP contribution in [-0.4, -0.2) is 21.6 Å². The first-order chi connectivity index (χ1) is 13.0. The Hall–Kier alpha value is -2.83. The predicted molar refractivity (Wildman–Crippen MR) is 103 cm³/mol. The maximum atomic E-state index is 13.1. The first kappa shape index (κ1) is 16.4. The van der Waals surface area contributed by atoms with Crippen LogP contribution in [-0.2, 0) is 15.0 Å². The van der Waals surface area contributed by atoms with Gasteiger partial charge in [0.25, 0.3) is 0 Å². The van der Waals surface area contributed by atoms with Crippen molar-refractivity contribution in [1.82, 2.24) is 9.78 Å². The maximum absolute atomic E-state index is 13.1. The van der Waals surface area contributed by atoms with Crippen LogP contribution in [0.4, 0.5) is 11.5 Å². The number of aromatic nitrogens is 2. The number of carbonyl (C=O) groups is 2. The van der Waals surface area contributed by atoms with E-state index in [-0.39, 0.29) is 18.2 Å². The van der Waals surface area contributed by atoms with E-state index in [1.54, 1.807) is 47.3 Å². The third-order valence-electron chi connectivity index (χ3n) is 5.04. The number of benzene rings is 2. The van der Waals surface area contributed by atoms with E-state index in [1.807, 2.05) is 6.07 Å². The van der Waals surface area contributed by atoms with E-state index in [0.717, 1.165) is 0 Å². The molecule has 27 heavy (non-hydrogen) atoms. The second kappa shape index (κ2) is 5.58. The molecule has 2 aliphatic heterocycles. The molecular formula is C19H12Cl2N4O2. The van der Waals surface area contributed by atoms with E-state index in [2.05, 4.69) is 15.7 Å². The molecule has 134 valence electrons. The Balaban J connectivity index is 1.79. The van der Waals surface area contributed by atoms with Crippen LogP contribution in [0, 0.1) is 0 Å². The van der Waals surface area contributed by atoms with Crippen LogP contribution in [0.2, 0.25) is 10.0 Å². The lowest BCUT2D eigenvalue weighted by atomic mass is 9.72. The number of carbonyl (C=O) groups excluding carboxylic acids is 2. The summed E-state index contributed by atoms with van der Waals surface area (Å²) in [4.78, 5) is 25.7. The van der Waals surface area contributed by atoms with Crippen molar-refractivity contribution in [3.8, 4) is 5.69 Å². The molecule has 5 rings (SSSR count). The Labute approximate surface area is 164 Å². The van der Waals surface area contributed by atoms with Crippen LogP contribution in [0.25, 0.3) is 5.69 Å². The fourth-order valence-electron chi connectivity index (χ4n) is 3.93. The number of hydrogen-bond acceptors (Lipinski definition) is 3. The zero-order valence-electron chi connectivity index (χ0n) is 13.8. The molecule has 8 heteroatoms. The summed E-state index contributed by atoms with van der Waals surface area (Å²) in [5, 5.41) is 11.1. The van der Waals surface area contributed by atoms with Gasteiger partial charge < -0.3 is 10.6 Å². The second-order valence-corrected chi connectivity index (χ2v) is 7.39. The Morgan fingerprint density at radius 1 is 1.07 bits per heavy atom. The standard InChI is InChI=1S/C19H12Cl2N4O2/c20-10-3-1-4-11(7-10)25-17-12(9-22-25)19(8-15(26)24-17)16-13(21)5-2-6-14(16)23-18(19)27/h1-7,9H,8H2,(H,23,27)(H,24,26)/t19-/m1/s1. The molecule has 1 atom stereocenters. The number of halogens is 2. The lowest BCUT2D eigenvalue weighted by molar-refractivity contribution is -0.125. The molecule has 0 aliphatic carbocycles. The molecular weight excluding hydrogens is 387 g/mol. The normalized spacial score (nSPS) is 20.2. The van der Waals surface area contributed by atoms with Crippen molar-refractivity contribution in [3.63, 3.8) is 0 Å². The highest BCUT2D eigenvalue weighted by Gasteiger charge is 2.55. The minimum atomic E-state index is -1.21. The summed E-state index contributed by atoms with van der Waals surface area (Å²) in [7, 11) is 0. The fourth-order valence-corrected chi connectivity index (χ4v) is 4.45. The maximum Gasteiger partial charge on any atom is 0.240 e. The van der Waals surface area contributed by atoms with Crippen molar-refractivity contribution in [2.45, 2.75) is 11.8 Å². The van der Waals surface area contributed by atoms with Gasteiger partial charge in [-0.25, -0.2) is 4.68 Å². The highest BCUT2D eigenvalue weighted by molar-refractivity contribution is 6.33. The van der Waals surface area contributed by atoms with Gasteiger partial charge in [0.2, 0.25) is 11.8 Å². The smallest absolute Gasteiger partial charge is 0.240 e. The quantitative estimate of drug-likeness (QED) is 0.654. The van der Waals surface area contributed by atoms with E-state index >= 15 is 0 Å². The largest absolute Gasteiger partial charge is 0.325 e. The van der Waals surface area contributed by atoms with Crippen LogP contribution >= 0.6 is 23.2 Å². The average Bonchev–Trinajstić information content (AvgIpc) is 3.16. The fraction of sp³-hybridized carbons (Fsp3) is 0.105. The van der Waals surface area contributed by atoms with E-state index in [9.17, 15) is 9.59 Å². The Morgan fingerprint density at radius 3 is 2.70 bits per heavy atom. The molecule has 6 nitrogen and oxygen atoms in total. The van der Waals surface area contributed by atoms with E-state index < -0.39 is 5.41 Å². The number of hydrogen-bond donors (Lipinski definition) is 2. The van der Waals surface area contributed by atoms with Crippen molar-refractivity contribution in [2.75, 3.05) is 10.6 Å². The third-order valence-corrected chi connectivity index (χ3v) is 5.59. The third kappa shape index (κ3) is 2.17. The molecule has 0 bridgehead atoms. The highest BCUT2D eigenvalue weighted by Crippen LogP contribution is 2.52. The zero-order valence-corrected chi connectivity index (χ0v) is 15.3. The summed E-state index contributed by atoms with van der Waals surface area (Å²) in [5.41, 5.74) is 1.30. The molecule has 1 spiro atoms. The van der Waals surface area contributed by atoms with Crippen molar-refractivity contribution < 1.29 is 9.59 Å². The van der Waals surface area contributed by atoms with Gasteiger partial charge in [0.1, 0.15) is 11.2 Å². The minimum Gasteiger partial charge on any atom is -0.325 e. The van der Waals surface area contributed by atoms with Crippen LogP contribution in [0.15, 0.2) is 48.7 Å². The molecule has 3 heterocycles. The molecule has 0 saturated heterocycles. The first-order valence-corrected chi connectivity index (χ1v) is 9.01. The summed E-state index contributed by atoms with van der Waals surface area (Å²) in [6.45, 7) is 0. The number of fused-ring (bicyclic) bond motifs is 4. The van der Waals surface area contributed by atoms with Crippen LogP contribution in [0.5, 0.6) is 0 Å². The van der Waals surface area contributed by atoms with Gasteiger partial charge in [-0.1, -0.05) is 35.3 Å². The summed E-state index contributed by atoms with van der Waals surface area (Å²) >= 11 is 12.5. The van der Waals surface area contributed by atoms with E-state index in [1.165, 1.54) is 0 Å².